The van der Waals surface area contributed by atoms with E-state index in [-0.39, 0.29) is 12.5 Å². The lowest BCUT2D eigenvalue weighted by molar-refractivity contribution is -0.143. The van der Waals surface area contributed by atoms with Gasteiger partial charge in [0.2, 0.25) is 0 Å². The van der Waals surface area contributed by atoms with Gasteiger partial charge in [-0.2, -0.15) is 18.3 Å². The maximum absolute atomic E-state index is 13.4. The molecule has 29 heavy (non-hydrogen) atoms. The number of aromatic nitrogens is 3. The molecular weight excluding hydrogens is 385 g/mol. The average molecular weight is 406 g/mol. The van der Waals surface area contributed by atoms with Gasteiger partial charge in [0, 0.05) is 29.4 Å². The fraction of sp³-hybridized carbons (Fsp3) is 0.400. The van der Waals surface area contributed by atoms with E-state index in [1.807, 2.05) is 18.2 Å². The highest BCUT2D eigenvalue weighted by atomic mass is 19.4. The first kappa shape index (κ1) is 19.5. The van der Waals surface area contributed by atoms with Gasteiger partial charge in [0.05, 0.1) is 36.0 Å². The number of ether oxygens (including phenoxy) is 1. The third-order valence-electron chi connectivity index (χ3n) is 5.31. The van der Waals surface area contributed by atoms with Crippen LogP contribution in [0.1, 0.15) is 33.4 Å². The lowest BCUT2D eigenvalue weighted by Gasteiger charge is -2.36. The molecule has 6 nitrogen and oxygen atoms in total. The van der Waals surface area contributed by atoms with Crippen molar-refractivity contribution in [3.05, 3.63) is 53.0 Å². The molecule has 1 N–H and O–H groups in total. The van der Waals surface area contributed by atoms with Gasteiger partial charge in [0.25, 0.3) is 5.91 Å². The number of aryl methyl sites for hydroxylation is 1. The van der Waals surface area contributed by atoms with Crippen LogP contribution in [-0.4, -0.2) is 51.5 Å². The normalized spacial score (nSPS) is 17.8. The third kappa shape index (κ3) is 3.62. The highest BCUT2D eigenvalue weighted by Crippen LogP contribution is 2.32. The summed E-state index contributed by atoms with van der Waals surface area (Å²) in [5.74, 6) is -0.186. The lowest BCUT2D eigenvalue weighted by atomic mass is 10.0. The van der Waals surface area contributed by atoms with Gasteiger partial charge < -0.3 is 14.6 Å². The molecule has 0 aliphatic carbocycles. The topological polar surface area (TPSA) is 63.1 Å². The van der Waals surface area contributed by atoms with Gasteiger partial charge in [-0.1, -0.05) is 12.1 Å². The van der Waals surface area contributed by atoms with Crippen molar-refractivity contribution in [2.75, 3.05) is 19.8 Å². The van der Waals surface area contributed by atoms with Crippen molar-refractivity contribution in [1.29, 1.82) is 0 Å². The van der Waals surface area contributed by atoms with Crippen LogP contribution in [0, 0.1) is 13.8 Å². The Kier molecular flexibility index (Phi) is 4.85. The number of nitrogens with one attached hydrogen (secondary N) is 1. The third-order valence-corrected chi connectivity index (χ3v) is 5.31. The molecule has 4 rings (SSSR count). The van der Waals surface area contributed by atoms with Crippen LogP contribution in [0.25, 0.3) is 10.9 Å². The molecule has 1 atom stereocenters. The fourth-order valence-corrected chi connectivity index (χ4v) is 4.02. The van der Waals surface area contributed by atoms with Crippen LogP contribution < -0.4 is 0 Å². The van der Waals surface area contributed by atoms with E-state index in [1.54, 1.807) is 31.0 Å². The number of carbonyl (C=O) groups is 1. The van der Waals surface area contributed by atoms with Crippen LogP contribution in [0.2, 0.25) is 0 Å². The van der Waals surface area contributed by atoms with E-state index in [0.717, 1.165) is 15.6 Å². The number of rotatable bonds is 3. The molecule has 3 aromatic rings. The molecule has 1 unspecified atom stereocenters. The standard InChI is InChI=1S/C20H21F3N4O2/c1-12-17(13(2)27(25-12)11-20(21,22)23)16-10-29-9-8-26(16)19(28)15-5-3-4-14-6-7-24-18(14)15/h3-7,16,24H,8-11H2,1-2H3. The van der Waals surface area contributed by atoms with Crippen LogP contribution >= 0.6 is 0 Å². The molecule has 1 aliphatic heterocycles. The van der Waals surface area contributed by atoms with Gasteiger partial charge in [0.1, 0.15) is 6.54 Å². The summed E-state index contributed by atoms with van der Waals surface area (Å²) in [7, 11) is 0. The molecule has 1 amide bonds. The minimum atomic E-state index is -4.37. The zero-order chi connectivity index (χ0) is 20.8. The summed E-state index contributed by atoms with van der Waals surface area (Å²) in [5, 5.41) is 5.00. The highest BCUT2D eigenvalue weighted by Gasteiger charge is 2.36. The van der Waals surface area contributed by atoms with Crippen molar-refractivity contribution in [3.8, 4) is 0 Å². The Balaban J connectivity index is 1.72. The first-order valence-corrected chi connectivity index (χ1v) is 9.32. The van der Waals surface area contributed by atoms with Crippen molar-refractivity contribution < 1.29 is 22.7 Å². The summed E-state index contributed by atoms with van der Waals surface area (Å²) in [6.07, 6.45) is -2.60. The van der Waals surface area contributed by atoms with Gasteiger partial charge in [-0.05, 0) is 26.0 Å². The molecule has 0 saturated carbocycles. The van der Waals surface area contributed by atoms with E-state index in [9.17, 15) is 18.0 Å². The Bertz CT molecular complexity index is 1050. The minimum absolute atomic E-state index is 0.186. The largest absolute Gasteiger partial charge is 0.408 e. The van der Waals surface area contributed by atoms with Crippen molar-refractivity contribution in [3.63, 3.8) is 0 Å². The first-order valence-electron chi connectivity index (χ1n) is 9.32. The van der Waals surface area contributed by atoms with Crippen molar-refractivity contribution in [1.82, 2.24) is 19.7 Å². The predicted molar refractivity (Wildman–Crippen MR) is 101 cm³/mol. The quantitative estimate of drug-likeness (QED) is 0.721. The first-order chi connectivity index (χ1) is 13.8. The molecule has 1 aliphatic rings. The van der Waals surface area contributed by atoms with E-state index in [1.165, 1.54) is 0 Å². The molecule has 9 heteroatoms. The fourth-order valence-electron chi connectivity index (χ4n) is 4.02. The number of amides is 1. The van der Waals surface area contributed by atoms with E-state index in [2.05, 4.69) is 10.1 Å². The number of morpholine rings is 1. The van der Waals surface area contributed by atoms with Gasteiger partial charge in [-0.15, -0.1) is 0 Å². The molecule has 154 valence electrons. The molecule has 1 fully saturated rings. The maximum Gasteiger partial charge on any atom is 0.408 e. The Morgan fingerprint density at radius 2 is 2.10 bits per heavy atom. The highest BCUT2D eigenvalue weighted by molar-refractivity contribution is 6.05. The van der Waals surface area contributed by atoms with Crippen LogP contribution in [-0.2, 0) is 11.3 Å². The Morgan fingerprint density at radius 1 is 1.31 bits per heavy atom. The predicted octanol–water partition coefficient (Wildman–Crippen LogP) is 3.76. The molecule has 2 aromatic heterocycles. The zero-order valence-electron chi connectivity index (χ0n) is 16.1. The van der Waals surface area contributed by atoms with Crippen LogP contribution in [0.15, 0.2) is 30.5 Å². The second-order valence-electron chi connectivity index (χ2n) is 7.19. The summed E-state index contributed by atoms with van der Waals surface area (Å²) in [6.45, 7) is 3.04. The Labute approximate surface area is 165 Å². The van der Waals surface area contributed by atoms with Gasteiger partial charge in [-0.3, -0.25) is 9.48 Å². The second kappa shape index (κ2) is 7.22. The monoisotopic (exact) mass is 406 g/mol. The zero-order valence-corrected chi connectivity index (χ0v) is 16.1. The smallest absolute Gasteiger partial charge is 0.377 e. The van der Waals surface area contributed by atoms with Crippen LogP contribution in [0.4, 0.5) is 13.2 Å². The van der Waals surface area contributed by atoms with Gasteiger partial charge >= 0.3 is 6.18 Å². The van der Waals surface area contributed by atoms with Crippen molar-refractivity contribution in [2.24, 2.45) is 0 Å². The number of para-hydroxylation sites is 1. The van der Waals surface area contributed by atoms with Gasteiger partial charge in [-0.25, -0.2) is 0 Å². The summed E-state index contributed by atoms with van der Waals surface area (Å²) in [6, 6.07) is 6.87. The van der Waals surface area contributed by atoms with E-state index >= 15 is 0 Å². The van der Waals surface area contributed by atoms with Crippen LogP contribution in [0.5, 0.6) is 0 Å². The molecule has 3 heterocycles. The van der Waals surface area contributed by atoms with E-state index in [4.69, 9.17) is 4.74 Å². The summed E-state index contributed by atoms with van der Waals surface area (Å²) in [4.78, 5) is 18.2. The molecule has 0 spiro atoms. The number of benzene rings is 1. The molecule has 0 radical (unpaired) electrons. The number of H-pyrrole nitrogens is 1. The summed E-state index contributed by atoms with van der Waals surface area (Å²) in [5.41, 5.74) is 2.74. The van der Waals surface area contributed by atoms with Crippen LogP contribution in [0.3, 0.4) is 0 Å². The maximum atomic E-state index is 13.4. The summed E-state index contributed by atoms with van der Waals surface area (Å²) >= 11 is 0. The minimum Gasteiger partial charge on any atom is -0.377 e. The number of carbonyl (C=O) groups excluding carboxylic acids is 1. The molecule has 1 aromatic carbocycles. The van der Waals surface area contributed by atoms with Gasteiger partial charge in [0.15, 0.2) is 0 Å². The number of nitrogens with zero attached hydrogens (tertiary/aromatic N) is 3. The lowest BCUT2D eigenvalue weighted by Crippen LogP contribution is -2.44. The number of hydrogen-bond acceptors (Lipinski definition) is 3. The SMILES string of the molecule is Cc1nn(CC(F)(F)F)c(C)c1C1COCCN1C(=O)c1cccc2cc[nH]c12. The second-order valence-corrected chi connectivity index (χ2v) is 7.19. The molecular formula is C20H21F3N4O2. The molecule has 1 saturated heterocycles. The number of hydrogen-bond donors (Lipinski definition) is 1. The number of alkyl halides is 3. The average Bonchev–Trinajstić information content (AvgIpc) is 3.24. The Morgan fingerprint density at radius 3 is 2.86 bits per heavy atom. The van der Waals surface area contributed by atoms with Crippen molar-refractivity contribution in [2.45, 2.75) is 32.6 Å². The Hall–Kier alpha value is -2.81. The van der Waals surface area contributed by atoms with Crippen molar-refractivity contribution >= 4 is 16.8 Å². The van der Waals surface area contributed by atoms with E-state index in [0.29, 0.717) is 35.7 Å². The molecule has 0 bridgehead atoms. The number of fused-ring (bicyclic) bond motifs is 1. The number of halogens is 3. The summed E-state index contributed by atoms with van der Waals surface area (Å²) < 4.78 is 45.2. The number of aromatic amines is 1. The van der Waals surface area contributed by atoms with E-state index < -0.39 is 18.8 Å².